The Balaban J connectivity index is 2.43. The van der Waals surface area contributed by atoms with Crippen molar-refractivity contribution in [2.24, 2.45) is 11.8 Å². The van der Waals surface area contributed by atoms with E-state index in [1.807, 2.05) is 0 Å². The van der Waals surface area contributed by atoms with Crippen molar-refractivity contribution in [2.45, 2.75) is 58.8 Å². The van der Waals surface area contributed by atoms with Gasteiger partial charge in [-0.1, -0.05) is 34.6 Å². The van der Waals surface area contributed by atoms with E-state index in [2.05, 4.69) is 56.6 Å². The monoisotopic (exact) mass is 286 g/mol. The van der Waals surface area contributed by atoms with Crippen LogP contribution in [0.5, 0.6) is 0 Å². The Morgan fingerprint density at radius 1 is 1.11 bits per heavy atom. The van der Waals surface area contributed by atoms with Crippen LogP contribution in [-0.4, -0.2) is 48.1 Å². The predicted molar refractivity (Wildman–Crippen MR) is 89.1 cm³/mol. The van der Waals surface area contributed by atoms with Crippen LogP contribution in [0, 0.1) is 11.8 Å². The summed E-state index contributed by atoms with van der Waals surface area (Å²) >= 11 is 2.21. The van der Waals surface area contributed by atoms with Gasteiger partial charge in [0.25, 0.3) is 0 Å². The third-order valence-corrected chi connectivity index (χ3v) is 6.06. The zero-order valence-corrected chi connectivity index (χ0v) is 14.4. The first-order chi connectivity index (χ1) is 9.12. The second-order valence-electron chi connectivity index (χ2n) is 6.08. The Morgan fingerprint density at radius 3 is 2.37 bits per heavy atom. The van der Waals surface area contributed by atoms with E-state index in [-0.39, 0.29) is 0 Å². The van der Waals surface area contributed by atoms with Crippen molar-refractivity contribution in [3.8, 4) is 0 Å². The van der Waals surface area contributed by atoms with Gasteiger partial charge in [0.05, 0.1) is 0 Å². The number of rotatable bonds is 8. The molecule has 1 rings (SSSR count). The van der Waals surface area contributed by atoms with Gasteiger partial charge in [0, 0.05) is 23.6 Å². The molecular formula is C16H34N2S. The minimum Gasteiger partial charge on any atom is -0.313 e. The molecule has 1 N–H and O–H groups in total. The van der Waals surface area contributed by atoms with Crippen LogP contribution in [0.4, 0.5) is 0 Å². The topological polar surface area (TPSA) is 15.3 Å². The van der Waals surface area contributed by atoms with Crippen molar-refractivity contribution in [1.82, 2.24) is 10.2 Å². The van der Waals surface area contributed by atoms with Gasteiger partial charge < -0.3 is 10.2 Å². The van der Waals surface area contributed by atoms with Gasteiger partial charge >= 0.3 is 0 Å². The minimum atomic E-state index is 0.727. The fourth-order valence-corrected chi connectivity index (χ4v) is 4.94. The summed E-state index contributed by atoms with van der Waals surface area (Å²) in [7, 11) is 0. The first kappa shape index (κ1) is 17.3. The van der Waals surface area contributed by atoms with E-state index < -0.39 is 0 Å². The van der Waals surface area contributed by atoms with Crippen LogP contribution in [-0.2, 0) is 0 Å². The van der Waals surface area contributed by atoms with Gasteiger partial charge in [-0.2, -0.15) is 11.8 Å². The van der Waals surface area contributed by atoms with Gasteiger partial charge in [-0.05, 0) is 44.3 Å². The summed E-state index contributed by atoms with van der Waals surface area (Å²) in [5.41, 5.74) is 0. The fourth-order valence-electron chi connectivity index (χ4n) is 3.43. The van der Waals surface area contributed by atoms with Crippen molar-refractivity contribution in [3.63, 3.8) is 0 Å². The maximum Gasteiger partial charge on any atom is 0.0227 e. The summed E-state index contributed by atoms with van der Waals surface area (Å²) in [6.45, 7) is 16.4. The molecule has 19 heavy (non-hydrogen) atoms. The lowest BCUT2D eigenvalue weighted by Gasteiger charge is -2.40. The summed E-state index contributed by atoms with van der Waals surface area (Å²) in [6, 6.07) is 0.727. The smallest absolute Gasteiger partial charge is 0.0227 e. The molecule has 1 saturated carbocycles. The van der Waals surface area contributed by atoms with Crippen molar-refractivity contribution in [2.75, 3.05) is 31.9 Å². The molecule has 0 radical (unpaired) electrons. The predicted octanol–water partition coefficient (Wildman–Crippen LogP) is 3.47. The molecule has 0 aliphatic heterocycles. The highest BCUT2D eigenvalue weighted by atomic mass is 32.2. The zero-order valence-electron chi connectivity index (χ0n) is 13.6. The molecule has 0 amide bonds. The molecule has 0 aromatic carbocycles. The lowest BCUT2D eigenvalue weighted by atomic mass is 9.80. The third kappa shape index (κ3) is 5.65. The van der Waals surface area contributed by atoms with E-state index in [1.54, 1.807) is 0 Å². The highest BCUT2D eigenvalue weighted by molar-refractivity contribution is 8.00. The van der Waals surface area contributed by atoms with Gasteiger partial charge in [-0.15, -0.1) is 0 Å². The molecule has 0 spiro atoms. The lowest BCUT2D eigenvalue weighted by Crippen LogP contribution is -2.46. The summed E-state index contributed by atoms with van der Waals surface area (Å²) in [6.07, 6.45) is 2.77. The first-order valence-electron chi connectivity index (χ1n) is 8.19. The van der Waals surface area contributed by atoms with E-state index in [0.717, 1.165) is 29.7 Å². The van der Waals surface area contributed by atoms with E-state index in [9.17, 15) is 0 Å². The summed E-state index contributed by atoms with van der Waals surface area (Å²) in [4.78, 5) is 2.53. The maximum atomic E-state index is 3.73. The van der Waals surface area contributed by atoms with E-state index in [0.29, 0.717) is 0 Å². The molecular weight excluding hydrogens is 252 g/mol. The summed E-state index contributed by atoms with van der Waals surface area (Å²) in [5.74, 6) is 3.03. The first-order valence-corrected chi connectivity index (χ1v) is 9.24. The normalized spacial score (nSPS) is 31.9. The van der Waals surface area contributed by atoms with Crippen molar-refractivity contribution >= 4 is 11.8 Å². The van der Waals surface area contributed by atoms with Gasteiger partial charge in [0.2, 0.25) is 0 Å². The van der Waals surface area contributed by atoms with E-state index in [4.69, 9.17) is 0 Å². The zero-order chi connectivity index (χ0) is 14.3. The van der Waals surface area contributed by atoms with Gasteiger partial charge in [-0.25, -0.2) is 0 Å². The number of thioether (sulfide) groups is 1. The van der Waals surface area contributed by atoms with Crippen molar-refractivity contribution in [3.05, 3.63) is 0 Å². The molecule has 0 saturated heterocycles. The van der Waals surface area contributed by atoms with Crippen LogP contribution in [0.15, 0.2) is 0 Å². The number of hydrogen-bond acceptors (Lipinski definition) is 3. The average molecular weight is 287 g/mol. The molecule has 114 valence electrons. The average Bonchev–Trinajstić information content (AvgIpc) is 2.37. The van der Waals surface area contributed by atoms with Gasteiger partial charge in [-0.3, -0.25) is 0 Å². The Morgan fingerprint density at radius 2 is 1.79 bits per heavy atom. The quantitative estimate of drug-likeness (QED) is 0.735. The van der Waals surface area contributed by atoms with Gasteiger partial charge in [0.1, 0.15) is 0 Å². The second kappa shape index (κ2) is 9.25. The molecule has 4 unspecified atom stereocenters. The number of nitrogens with one attached hydrogen (secondary N) is 1. The van der Waals surface area contributed by atoms with Crippen LogP contribution >= 0.6 is 11.8 Å². The maximum absolute atomic E-state index is 3.73. The van der Waals surface area contributed by atoms with Gasteiger partial charge in [0.15, 0.2) is 0 Å². The number of nitrogens with zero attached hydrogens (tertiary/aromatic N) is 1. The minimum absolute atomic E-state index is 0.727. The molecule has 1 fully saturated rings. The largest absolute Gasteiger partial charge is 0.313 e. The third-order valence-electron chi connectivity index (χ3n) is 4.47. The standard InChI is InChI=1S/C16H34N2S/c1-6-17-15-12-13(4)11-14(5)16(15)19-10-9-18(7-2)8-3/h13-17H,6-12H2,1-5H3. The van der Waals surface area contributed by atoms with Crippen LogP contribution < -0.4 is 5.32 Å². The van der Waals surface area contributed by atoms with Crippen LogP contribution in [0.3, 0.4) is 0 Å². The molecule has 0 bridgehead atoms. The van der Waals surface area contributed by atoms with Crippen LogP contribution in [0.2, 0.25) is 0 Å². The molecule has 0 aromatic rings. The van der Waals surface area contributed by atoms with Crippen molar-refractivity contribution < 1.29 is 0 Å². The van der Waals surface area contributed by atoms with Crippen LogP contribution in [0.25, 0.3) is 0 Å². The highest BCUT2D eigenvalue weighted by Gasteiger charge is 2.33. The van der Waals surface area contributed by atoms with E-state index >= 15 is 0 Å². The lowest BCUT2D eigenvalue weighted by molar-refractivity contribution is 0.250. The summed E-state index contributed by atoms with van der Waals surface area (Å²) in [5, 5.41) is 4.54. The Labute approximate surface area is 125 Å². The van der Waals surface area contributed by atoms with Crippen molar-refractivity contribution in [1.29, 1.82) is 0 Å². The summed E-state index contributed by atoms with van der Waals surface area (Å²) < 4.78 is 0. The Hall–Kier alpha value is 0.270. The Kier molecular flexibility index (Phi) is 8.43. The Bertz CT molecular complexity index is 231. The SMILES string of the molecule is CCNC1CC(C)CC(C)C1SCCN(CC)CC. The highest BCUT2D eigenvalue weighted by Crippen LogP contribution is 2.36. The molecule has 3 heteroatoms. The van der Waals surface area contributed by atoms with E-state index in [1.165, 1.54) is 38.2 Å². The van der Waals surface area contributed by atoms with Crippen LogP contribution in [0.1, 0.15) is 47.5 Å². The molecule has 4 atom stereocenters. The fraction of sp³-hybridized carbons (Fsp3) is 1.00. The molecule has 0 aromatic heterocycles. The molecule has 1 aliphatic rings. The molecule has 1 aliphatic carbocycles. The molecule has 2 nitrogen and oxygen atoms in total. The molecule has 0 heterocycles. The number of hydrogen-bond donors (Lipinski definition) is 1. The second-order valence-corrected chi connectivity index (χ2v) is 7.37.